The van der Waals surface area contributed by atoms with Crippen LogP contribution in [0.4, 0.5) is 0 Å². The fourth-order valence-electron chi connectivity index (χ4n) is 10.0. The van der Waals surface area contributed by atoms with Crippen molar-refractivity contribution in [3.05, 3.63) is 81.6 Å². The van der Waals surface area contributed by atoms with E-state index in [1.54, 1.807) is 27.7 Å². The molecule has 2 fully saturated rings. The van der Waals surface area contributed by atoms with Crippen LogP contribution in [0.2, 0.25) is 0 Å². The van der Waals surface area contributed by atoms with Crippen molar-refractivity contribution >= 4 is 23.1 Å². The highest BCUT2D eigenvalue weighted by Gasteiger charge is 2.77. The number of hydrogen-bond donors (Lipinski definition) is 5. The maximum absolute atomic E-state index is 14.7. The van der Waals surface area contributed by atoms with E-state index in [0.29, 0.717) is 29.4 Å². The number of fused-ring (bicyclic) bond motifs is 3. The van der Waals surface area contributed by atoms with Crippen molar-refractivity contribution in [3.63, 3.8) is 0 Å². The number of rotatable bonds is 6. The number of aliphatic hydroxyl groups excluding tert-OH is 3. The molecule has 48 heavy (non-hydrogen) atoms. The quantitative estimate of drug-likeness (QED) is 0.227. The molecule has 0 amide bonds. The van der Waals surface area contributed by atoms with Gasteiger partial charge in [-0.25, -0.2) is 0 Å². The summed E-state index contributed by atoms with van der Waals surface area (Å²) in [6.45, 7) is 9.28. The maximum atomic E-state index is 14.7. The zero-order chi connectivity index (χ0) is 35.1. The Morgan fingerprint density at radius 1 is 0.917 bits per heavy atom. The van der Waals surface area contributed by atoms with Crippen molar-refractivity contribution in [3.8, 4) is 5.75 Å². The van der Waals surface area contributed by atoms with Gasteiger partial charge in [0, 0.05) is 16.7 Å². The van der Waals surface area contributed by atoms with Gasteiger partial charge in [0.1, 0.15) is 22.8 Å². The SMILES string of the molecule is CC(=O)C1=C(O)[C@]2(O)C(=O)C3=C(O)c4c(ccc(CC5CCC(Cc6ccccc6)CC5)c4O)[C@@H](C)[C@]3(C)[C@@H](O)[C@]2(C)C(C(C)C)C1=O. The molecule has 4 aliphatic carbocycles. The number of allylic oxidation sites excluding steroid dienone is 1. The molecule has 2 aromatic carbocycles. The van der Waals surface area contributed by atoms with Gasteiger partial charge in [0.25, 0.3) is 0 Å². The summed E-state index contributed by atoms with van der Waals surface area (Å²) in [6, 6.07) is 14.2. The number of carbonyl (C=O) groups excluding carboxylic acids is 3. The van der Waals surface area contributed by atoms with Crippen LogP contribution < -0.4 is 0 Å². The average molecular weight is 657 g/mol. The first kappa shape index (κ1) is 34.1. The van der Waals surface area contributed by atoms with E-state index in [2.05, 4.69) is 24.3 Å². The third kappa shape index (κ3) is 4.51. The van der Waals surface area contributed by atoms with Crippen molar-refractivity contribution in [2.75, 3.05) is 0 Å². The van der Waals surface area contributed by atoms with E-state index in [1.807, 2.05) is 18.2 Å². The van der Waals surface area contributed by atoms with Crippen LogP contribution in [-0.4, -0.2) is 54.6 Å². The monoisotopic (exact) mass is 656 g/mol. The lowest BCUT2D eigenvalue weighted by Gasteiger charge is -2.63. The fourth-order valence-corrected chi connectivity index (χ4v) is 10.0. The highest BCUT2D eigenvalue weighted by atomic mass is 16.4. The molecular weight excluding hydrogens is 608 g/mol. The Morgan fingerprint density at radius 3 is 2.06 bits per heavy atom. The second kappa shape index (κ2) is 11.7. The van der Waals surface area contributed by atoms with Crippen molar-refractivity contribution in [2.45, 2.75) is 97.7 Å². The van der Waals surface area contributed by atoms with Gasteiger partial charge in [-0.1, -0.05) is 77.1 Å². The Balaban J connectivity index is 1.40. The summed E-state index contributed by atoms with van der Waals surface area (Å²) < 4.78 is 0. The fraction of sp³-hybridized carbons (Fsp3) is 0.525. The van der Waals surface area contributed by atoms with Crippen LogP contribution in [0, 0.1) is 34.5 Å². The van der Waals surface area contributed by atoms with Gasteiger partial charge in [-0.05, 0) is 85.8 Å². The number of phenolic OH excluding ortho intramolecular Hbond substituents is 1. The normalized spacial score (nSPS) is 35.0. The van der Waals surface area contributed by atoms with Crippen molar-refractivity contribution in [1.82, 2.24) is 0 Å². The Morgan fingerprint density at radius 2 is 1.50 bits per heavy atom. The zero-order valence-electron chi connectivity index (χ0n) is 28.7. The van der Waals surface area contributed by atoms with E-state index in [9.17, 15) is 39.9 Å². The number of phenols is 1. The number of hydrogen-bond acceptors (Lipinski definition) is 8. The molecule has 6 atom stereocenters. The number of aliphatic hydroxyl groups is 4. The minimum Gasteiger partial charge on any atom is -0.508 e. The molecule has 5 N–H and O–H groups in total. The topological polar surface area (TPSA) is 152 Å². The van der Waals surface area contributed by atoms with Crippen molar-refractivity contribution in [1.29, 1.82) is 0 Å². The van der Waals surface area contributed by atoms with Gasteiger partial charge in [0.15, 0.2) is 17.2 Å². The summed E-state index contributed by atoms with van der Waals surface area (Å²) in [5, 5.41) is 59.8. The molecule has 0 bridgehead atoms. The Bertz CT molecular complexity index is 1750. The molecule has 0 radical (unpaired) electrons. The van der Waals surface area contributed by atoms with Gasteiger partial charge >= 0.3 is 0 Å². The van der Waals surface area contributed by atoms with E-state index in [1.165, 1.54) is 12.5 Å². The lowest BCUT2D eigenvalue weighted by molar-refractivity contribution is -0.215. The summed E-state index contributed by atoms with van der Waals surface area (Å²) >= 11 is 0. The van der Waals surface area contributed by atoms with Crippen molar-refractivity contribution in [2.24, 2.45) is 34.5 Å². The molecule has 0 saturated heterocycles. The summed E-state index contributed by atoms with van der Waals surface area (Å²) in [7, 11) is 0. The third-order valence-corrected chi connectivity index (χ3v) is 12.8. The van der Waals surface area contributed by atoms with Gasteiger partial charge in [0.2, 0.25) is 5.78 Å². The molecule has 6 rings (SSSR count). The number of benzene rings is 2. The Kier molecular flexibility index (Phi) is 8.31. The maximum Gasteiger partial charge on any atom is 0.203 e. The first-order valence-electron chi connectivity index (χ1n) is 17.3. The lowest BCUT2D eigenvalue weighted by atomic mass is 9.40. The number of ketones is 3. The van der Waals surface area contributed by atoms with Gasteiger partial charge in [0.05, 0.1) is 17.2 Å². The number of aromatic hydroxyl groups is 1. The first-order valence-corrected chi connectivity index (χ1v) is 17.3. The van der Waals surface area contributed by atoms with Crippen LogP contribution >= 0.6 is 0 Å². The average Bonchev–Trinajstić information content (AvgIpc) is 3.03. The van der Waals surface area contributed by atoms with Gasteiger partial charge in [-0.15, -0.1) is 0 Å². The van der Waals surface area contributed by atoms with Crippen LogP contribution in [0.5, 0.6) is 5.75 Å². The summed E-state index contributed by atoms with van der Waals surface area (Å²) in [4.78, 5) is 41.1. The summed E-state index contributed by atoms with van der Waals surface area (Å²) in [5.41, 5.74) is -4.80. The second-order valence-electron chi connectivity index (χ2n) is 15.6. The van der Waals surface area contributed by atoms with Crippen LogP contribution in [-0.2, 0) is 27.2 Å². The number of carbonyl (C=O) groups is 3. The summed E-state index contributed by atoms with van der Waals surface area (Å²) in [5.74, 6) is -5.94. The molecule has 1 unspecified atom stereocenters. The van der Waals surface area contributed by atoms with Crippen LogP contribution in [0.25, 0.3) is 5.76 Å². The van der Waals surface area contributed by atoms with E-state index < -0.39 is 74.7 Å². The van der Waals surface area contributed by atoms with Crippen LogP contribution in [0.3, 0.4) is 0 Å². The lowest BCUT2D eigenvalue weighted by Crippen LogP contribution is -2.75. The minimum absolute atomic E-state index is 0.0700. The second-order valence-corrected chi connectivity index (χ2v) is 15.6. The van der Waals surface area contributed by atoms with Crippen molar-refractivity contribution < 1.29 is 39.9 Å². The minimum atomic E-state index is -2.89. The zero-order valence-corrected chi connectivity index (χ0v) is 28.7. The van der Waals surface area contributed by atoms with E-state index in [0.717, 1.165) is 39.0 Å². The van der Waals surface area contributed by atoms with Gasteiger partial charge in [-0.2, -0.15) is 0 Å². The largest absolute Gasteiger partial charge is 0.508 e. The van der Waals surface area contributed by atoms with Crippen LogP contribution in [0.15, 0.2) is 59.4 Å². The highest BCUT2D eigenvalue weighted by Crippen LogP contribution is 2.67. The van der Waals surface area contributed by atoms with E-state index in [4.69, 9.17) is 0 Å². The van der Waals surface area contributed by atoms with Gasteiger partial charge < -0.3 is 25.5 Å². The molecule has 2 aromatic rings. The Hall–Kier alpha value is -3.75. The molecular formula is C40H48O8. The molecule has 4 aliphatic rings. The van der Waals surface area contributed by atoms with E-state index >= 15 is 0 Å². The molecule has 0 spiro atoms. The molecule has 0 aromatic heterocycles. The molecule has 0 aliphatic heterocycles. The molecule has 8 heteroatoms. The van der Waals surface area contributed by atoms with Gasteiger partial charge in [-0.3, -0.25) is 14.4 Å². The van der Waals surface area contributed by atoms with Crippen LogP contribution in [0.1, 0.15) is 95.4 Å². The molecule has 8 nitrogen and oxygen atoms in total. The predicted octanol–water partition coefficient (Wildman–Crippen LogP) is 6.31. The third-order valence-electron chi connectivity index (χ3n) is 12.8. The Labute approximate surface area is 282 Å². The molecule has 2 saturated carbocycles. The first-order chi connectivity index (χ1) is 22.5. The number of Topliss-reactive ketones (excluding diaryl/α,β-unsaturated/α-hetero) is 3. The standard InChI is InChI=1S/C40H48O8/c1-20(2)30-33(43)28(22(4)41)35(45)40(48)36(46)31-34(44)29-27(21(3)38(31,5)37(47)39(30,40)6)17-16-26(32(29)42)19-25-14-12-24(13-15-25)18-23-10-8-7-9-11-23/h7-11,16-17,20-21,24-25,30,37,42,44-45,47-48H,12-15,18-19H2,1-6H3/t21-,24?,25?,30?,37-,38+,39+,40+/m1/s1. The predicted molar refractivity (Wildman–Crippen MR) is 181 cm³/mol. The molecule has 256 valence electrons. The smallest absolute Gasteiger partial charge is 0.203 e. The highest BCUT2D eigenvalue weighted by molar-refractivity contribution is 6.24. The summed E-state index contributed by atoms with van der Waals surface area (Å²) in [6.07, 6.45) is 4.18. The molecule has 0 heterocycles. The van der Waals surface area contributed by atoms with E-state index in [-0.39, 0.29) is 16.9 Å².